The number of nitrogens with zero attached hydrogens (tertiary/aromatic N) is 4. The van der Waals surface area contributed by atoms with E-state index >= 15 is 0 Å². The van der Waals surface area contributed by atoms with Crippen molar-refractivity contribution in [2.75, 3.05) is 0 Å². The molecule has 9 heteroatoms. The van der Waals surface area contributed by atoms with Gasteiger partial charge < -0.3 is 9.55 Å². The van der Waals surface area contributed by atoms with Crippen LogP contribution in [0.25, 0.3) is 11.0 Å². The van der Waals surface area contributed by atoms with E-state index in [1.54, 1.807) is 22.6 Å². The van der Waals surface area contributed by atoms with E-state index in [0.29, 0.717) is 28.2 Å². The molecule has 0 bridgehead atoms. The fourth-order valence-corrected chi connectivity index (χ4v) is 2.37. The summed E-state index contributed by atoms with van der Waals surface area (Å²) >= 11 is 5.16. The molecule has 0 spiro atoms. The number of alkyl halides is 3. The molecule has 0 radical (unpaired) electrons. The van der Waals surface area contributed by atoms with E-state index in [2.05, 4.69) is 15.1 Å². The van der Waals surface area contributed by atoms with Gasteiger partial charge in [0, 0.05) is 7.05 Å². The molecule has 1 aromatic carbocycles. The van der Waals surface area contributed by atoms with Gasteiger partial charge in [-0.1, -0.05) is 0 Å². The summed E-state index contributed by atoms with van der Waals surface area (Å²) in [4.78, 5) is 6.87. The van der Waals surface area contributed by atoms with E-state index in [4.69, 9.17) is 12.2 Å². The minimum Gasteiger partial charge on any atom is -0.331 e. The molecule has 0 saturated carbocycles. The second-order valence-corrected chi connectivity index (χ2v) is 4.97. The topological polar surface area (TPSA) is 51.4 Å². The van der Waals surface area contributed by atoms with Crippen LogP contribution < -0.4 is 0 Å². The molecule has 1 N–H and O–H groups in total. The summed E-state index contributed by atoms with van der Waals surface area (Å²) in [7, 11) is 1.74. The summed E-state index contributed by atoms with van der Waals surface area (Å²) in [6.07, 6.45) is -2.83. The van der Waals surface area contributed by atoms with E-state index in [-0.39, 0.29) is 0 Å². The van der Waals surface area contributed by atoms with Crippen LogP contribution in [0.1, 0.15) is 11.4 Å². The maximum atomic E-state index is 12.7. The number of hydrogen-bond donors (Lipinski definition) is 1. The zero-order valence-electron chi connectivity index (χ0n) is 10.8. The standard InChI is InChI=1S/C12H10F3N5S/c1-19-6-16-10(18-19)5-20-9-3-2-7(12(13,14)15)4-8(9)17-11(20)21/h2-4,6H,5H2,1H3,(H,17,21). The first-order valence-electron chi connectivity index (χ1n) is 5.99. The number of fused-ring (bicyclic) bond motifs is 1. The van der Waals surface area contributed by atoms with Gasteiger partial charge in [0.05, 0.1) is 23.1 Å². The number of halogens is 3. The van der Waals surface area contributed by atoms with Crippen LogP contribution in [-0.4, -0.2) is 24.3 Å². The lowest BCUT2D eigenvalue weighted by Crippen LogP contribution is -2.05. The zero-order chi connectivity index (χ0) is 15.2. The summed E-state index contributed by atoms with van der Waals surface area (Å²) in [5, 5.41) is 4.13. The summed E-state index contributed by atoms with van der Waals surface area (Å²) in [5.74, 6) is 0.536. The largest absolute Gasteiger partial charge is 0.416 e. The number of hydrogen-bond acceptors (Lipinski definition) is 3. The lowest BCUT2D eigenvalue weighted by atomic mass is 10.2. The molecule has 0 aliphatic carbocycles. The second-order valence-electron chi connectivity index (χ2n) is 4.58. The molecule has 5 nitrogen and oxygen atoms in total. The lowest BCUT2D eigenvalue weighted by molar-refractivity contribution is -0.137. The highest BCUT2D eigenvalue weighted by Crippen LogP contribution is 2.31. The molecule has 2 heterocycles. The molecule has 2 aromatic heterocycles. The summed E-state index contributed by atoms with van der Waals surface area (Å²) in [6.45, 7) is 0.297. The third kappa shape index (κ3) is 2.56. The van der Waals surface area contributed by atoms with Gasteiger partial charge >= 0.3 is 6.18 Å². The smallest absolute Gasteiger partial charge is 0.331 e. The van der Waals surface area contributed by atoms with Crippen molar-refractivity contribution in [1.82, 2.24) is 24.3 Å². The third-order valence-corrected chi connectivity index (χ3v) is 3.37. The van der Waals surface area contributed by atoms with Crippen molar-refractivity contribution < 1.29 is 13.2 Å². The number of aryl methyl sites for hydroxylation is 1. The Kier molecular flexibility index (Phi) is 3.08. The predicted molar refractivity (Wildman–Crippen MR) is 72.2 cm³/mol. The van der Waals surface area contributed by atoms with Gasteiger partial charge in [0.25, 0.3) is 0 Å². The average molecular weight is 313 g/mol. The van der Waals surface area contributed by atoms with Crippen LogP contribution in [0.2, 0.25) is 0 Å². The lowest BCUT2D eigenvalue weighted by Gasteiger charge is -2.06. The highest BCUT2D eigenvalue weighted by molar-refractivity contribution is 7.71. The summed E-state index contributed by atoms with van der Waals surface area (Å²) in [6, 6.07) is 3.48. The van der Waals surface area contributed by atoms with Crippen molar-refractivity contribution in [3.63, 3.8) is 0 Å². The number of rotatable bonds is 2. The molecule has 0 fully saturated rings. The van der Waals surface area contributed by atoms with Gasteiger partial charge in [-0.2, -0.15) is 18.3 Å². The Morgan fingerprint density at radius 3 is 2.71 bits per heavy atom. The highest BCUT2D eigenvalue weighted by Gasteiger charge is 2.30. The normalized spacial score (nSPS) is 12.2. The van der Waals surface area contributed by atoms with Crippen LogP contribution in [0, 0.1) is 4.77 Å². The molecule has 110 valence electrons. The molecule has 0 unspecified atom stereocenters. The quantitative estimate of drug-likeness (QED) is 0.740. The van der Waals surface area contributed by atoms with Crippen LogP contribution in [0.15, 0.2) is 24.5 Å². The molecule has 0 aliphatic heterocycles. The van der Waals surface area contributed by atoms with Crippen LogP contribution >= 0.6 is 12.2 Å². The zero-order valence-corrected chi connectivity index (χ0v) is 11.7. The first kappa shape index (κ1) is 13.8. The Morgan fingerprint density at radius 2 is 2.10 bits per heavy atom. The molecule has 21 heavy (non-hydrogen) atoms. The first-order valence-corrected chi connectivity index (χ1v) is 6.40. The number of aromatic amines is 1. The van der Waals surface area contributed by atoms with Crippen molar-refractivity contribution in [2.24, 2.45) is 7.05 Å². The fourth-order valence-electron chi connectivity index (χ4n) is 2.09. The van der Waals surface area contributed by atoms with E-state index in [9.17, 15) is 13.2 Å². The summed E-state index contributed by atoms with van der Waals surface area (Å²) in [5.41, 5.74) is 0.209. The number of imidazole rings is 1. The van der Waals surface area contributed by atoms with Gasteiger partial charge in [-0.15, -0.1) is 0 Å². The minimum atomic E-state index is -4.38. The molecular formula is C12H10F3N5S. The van der Waals surface area contributed by atoms with E-state index in [1.165, 1.54) is 6.07 Å². The highest BCUT2D eigenvalue weighted by atomic mass is 32.1. The Bertz CT molecular complexity index is 858. The fraction of sp³-hybridized carbons (Fsp3) is 0.250. The van der Waals surface area contributed by atoms with Gasteiger partial charge in [0.2, 0.25) is 0 Å². The Labute approximate surface area is 122 Å². The summed E-state index contributed by atoms with van der Waals surface area (Å²) < 4.78 is 41.7. The van der Waals surface area contributed by atoms with E-state index in [1.807, 2.05) is 0 Å². The Morgan fingerprint density at radius 1 is 1.33 bits per heavy atom. The van der Waals surface area contributed by atoms with Crippen molar-refractivity contribution in [1.29, 1.82) is 0 Å². The average Bonchev–Trinajstić information content (AvgIpc) is 2.93. The van der Waals surface area contributed by atoms with Crippen molar-refractivity contribution in [3.8, 4) is 0 Å². The minimum absolute atomic E-state index is 0.297. The monoisotopic (exact) mass is 313 g/mol. The van der Waals surface area contributed by atoms with Gasteiger partial charge in [-0.05, 0) is 30.4 Å². The van der Waals surface area contributed by atoms with E-state index in [0.717, 1.165) is 12.1 Å². The Hall–Kier alpha value is -2.16. The maximum Gasteiger partial charge on any atom is 0.416 e. The van der Waals surface area contributed by atoms with Crippen LogP contribution in [0.5, 0.6) is 0 Å². The van der Waals surface area contributed by atoms with Crippen LogP contribution in [0.3, 0.4) is 0 Å². The van der Waals surface area contributed by atoms with Gasteiger partial charge in [-0.25, -0.2) is 4.98 Å². The van der Waals surface area contributed by atoms with Crippen molar-refractivity contribution >= 4 is 23.3 Å². The van der Waals surface area contributed by atoms with Crippen LogP contribution in [-0.2, 0) is 19.8 Å². The molecule has 0 amide bonds. The van der Waals surface area contributed by atoms with Gasteiger partial charge in [0.1, 0.15) is 6.33 Å². The Balaban J connectivity index is 2.07. The molecular weight excluding hydrogens is 303 g/mol. The van der Waals surface area contributed by atoms with Gasteiger partial charge in [-0.3, -0.25) is 4.68 Å². The molecule has 3 aromatic rings. The molecule has 0 saturated heterocycles. The molecule has 3 rings (SSSR count). The molecule has 0 atom stereocenters. The number of nitrogens with one attached hydrogen (secondary N) is 1. The SMILES string of the molecule is Cn1cnc(Cn2c(=S)[nH]c3cc(C(F)(F)F)ccc32)n1. The number of aromatic nitrogens is 5. The van der Waals surface area contributed by atoms with Crippen LogP contribution in [0.4, 0.5) is 13.2 Å². The third-order valence-electron chi connectivity index (χ3n) is 3.05. The molecule has 0 aliphatic rings. The van der Waals surface area contributed by atoms with Crippen molar-refractivity contribution in [2.45, 2.75) is 12.7 Å². The first-order chi connectivity index (χ1) is 9.84. The maximum absolute atomic E-state index is 12.7. The van der Waals surface area contributed by atoms with Crippen molar-refractivity contribution in [3.05, 3.63) is 40.7 Å². The second kappa shape index (κ2) is 4.69. The number of H-pyrrole nitrogens is 1. The van der Waals surface area contributed by atoms with E-state index < -0.39 is 11.7 Å². The van der Waals surface area contributed by atoms with Gasteiger partial charge in [0.15, 0.2) is 10.6 Å². The number of benzene rings is 1. The predicted octanol–water partition coefficient (Wildman–Crippen LogP) is 2.89.